The molecule has 0 radical (unpaired) electrons. The fraction of sp³-hybridized carbons (Fsp3) is 0.600. The number of nitrogens with one attached hydrogen (secondary N) is 3. The van der Waals surface area contributed by atoms with E-state index in [0.717, 1.165) is 30.5 Å². The maximum absolute atomic E-state index is 12.5. The van der Waals surface area contributed by atoms with E-state index in [1.807, 2.05) is 24.3 Å². The number of nitrogens with zero attached hydrogens (tertiary/aromatic N) is 2. The molecule has 1 atom stereocenters. The third-order valence-electron chi connectivity index (χ3n) is 5.37. The van der Waals surface area contributed by atoms with Gasteiger partial charge in [-0.15, -0.1) is 24.0 Å². The minimum absolute atomic E-state index is 0. The Bertz CT molecular complexity index is 739. The molecule has 1 aromatic rings. The summed E-state index contributed by atoms with van der Waals surface area (Å²) in [6.45, 7) is 0.363. The number of amides is 1. The molecule has 1 amide bonds. The van der Waals surface area contributed by atoms with Crippen molar-refractivity contribution in [2.24, 2.45) is 10.9 Å². The molecule has 1 aliphatic heterocycles. The molecule has 1 unspecified atom stereocenters. The molecule has 30 heavy (non-hydrogen) atoms. The number of aliphatic imine (C=N–C) groups is 1. The highest BCUT2D eigenvalue weighted by Gasteiger charge is 2.34. The normalized spacial score (nSPS) is 20.3. The van der Waals surface area contributed by atoms with Crippen LogP contribution in [0, 0.1) is 5.92 Å². The molecule has 3 N–H and O–H groups in total. The lowest BCUT2D eigenvalue weighted by atomic mass is 9.85. The quantitative estimate of drug-likeness (QED) is 0.295. The predicted octanol–water partition coefficient (Wildman–Crippen LogP) is 3.34. The summed E-state index contributed by atoms with van der Waals surface area (Å²) in [6.07, 6.45) is -0.510. The number of alkyl halides is 3. The molecule has 1 heterocycles. The van der Waals surface area contributed by atoms with Crippen LogP contribution in [0.5, 0.6) is 0 Å². The Labute approximate surface area is 192 Å². The van der Waals surface area contributed by atoms with Gasteiger partial charge in [0.2, 0.25) is 5.91 Å². The predicted molar refractivity (Wildman–Crippen MR) is 122 cm³/mol. The van der Waals surface area contributed by atoms with Crippen molar-refractivity contribution in [2.75, 3.05) is 32.0 Å². The van der Waals surface area contributed by atoms with E-state index in [0.29, 0.717) is 32.0 Å². The molecule has 1 aromatic carbocycles. The lowest BCUT2D eigenvalue weighted by molar-refractivity contribution is -0.143. The van der Waals surface area contributed by atoms with Crippen LogP contribution in [0.4, 0.5) is 18.9 Å². The largest absolute Gasteiger partial charge is 0.401 e. The van der Waals surface area contributed by atoms with Crippen molar-refractivity contribution in [1.29, 1.82) is 0 Å². The number of carbonyl (C=O) groups is 1. The smallest absolute Gasteiger partial charge is 0.352 e. The number of carbonyl (C=O) groups excluding carboxylic acids is 1. The van der Waals surface area contributed by atoms with Crippen molar-refractivity contribution >= 4 is 41.5 Å². The summed E-state index contributed by atoms with van der Waals surface area (Å²) < 4.78 is 37.6. The lowest BCUT2D eigenvalue weighted by Gasteiger charge is -2.24. The molecule has 2 aliphatic rings. The van der Waals surface area contributed by atoms with Gasteiger partial charge in [-0.05, 0) is 37.0 Å². The molecule has 1 aliphatic carbocycles. The zero-order valence-electron chi connectivity index (χ0n) is 17.0. The monoisotopic (exact) mass is 539 g/mol. The van der Waals surface area contributed by atoms with Gasteiger partial charge in [0.25, 0.3) is 0 Å². The second kappa shape index (κ2) is 11.2. The number of anilines is 1. The lowest BCUT2D eigenvalue weighted by Crippen LogP contribution is -2.44. The summed E-state index contributed by atoms with van der Waals surface area (Å²) in [6, 6.07) is 7.53. The van der Waals surface area contributed by atoms with Gasteiger partial charge < -0.3 is 16.0 Å². The molecule has 10 heteroatoms. The van der Waals surface area contributed by atoms with Gasteiger partial charge in [-0.2, -0.15) is 13.2 Å². The second-order valence-corrected chi connectivity index (χ2v) is 7.72. The molecule has 0 aromatic heterocycles. The maximum Gasteiger partial charge on any atom is 0.401 e. The molecule has 1 saturated heterocycles. The van der Waals surface area contributed by atoms with Crippen LogP contribution in [0.2, 0.25) is 0 Å². The van der Waals surface area contributed by atoms with E-state index in [9.17, 15) is 18.0 Å². The van der Waals surface area contributed by atoms with Crippen molar-refractivity contribution < 1.29 is 18.0 Å². The van der Waals surface area contributed by atoms with E-state index < -0.39 is 12.7 Å². The van der Waals surface area contributed by atoms with Crippen LogP contribution in [0.25, 0.3) is 0 Å². The maximum atomic E-state index is 12.5. The van der Waals surface area contributed by atoms with Gasteiger partial charge in [0.05, 0.1) is 6.54 Å². The van der Waals surface area contributed by atoms with Crippen LogP contribution in [0.15, 0.2) is 29.3 Å². The number of likely N-dealkylation sites (tertiary alicyclic amines) is 1. The van der Waals surface area contributed by atoms with E-state index in [2.05, 4.69) is 20.9 Å². The summed E-state index contributed by atoms with van der Waals surface area (Å²) >= 11 is 0. The van der Waals surface area contributed by atoms with E-state index >= 15 is 0 Å². The van der Waals surface area contributed by atoms with E-state index in [-0.39, 0.29) is 41.8 Å². The van der Waals surface area contributed by atoms with Gasteiger partial charge in [-0.1, -0.05) is 18.6 Å². The number of guanidine groups is 1. The SMILES string of the molecule is CN=C(NCc1cccc(NC(=O)C2CCC2)c1)NC1CCN(CC(F)(F)F)C1.I. The third-order valence-corrected chi connectivity index (χ3v) is 5.37. The van der Waals surface area contributed by atoms with Crippen molar-refractivity contribution in [3.63, 3.8) is 0 Å². The third kappa shape index (κ3) is 7.60. The molecule has 0 bridgehead atoms. The first-order chi connectivity index (χ1) is 13.8. The van der Waals surface area contributed by atoms with Gasteiger partial charge in [0.1, 0.15) is 0 Å². The van der Waals surface area contributed by atoms with E-state index in [4.69, 9.17) is 0 Å². The summed E-state index contributed by atoms with van der Waals surface area (Å²) in [5.41, 5.74) is 1.74. The molecule has 0 spiro atoms. The highest BCUT2D eigenvalue weighted by Crippen LogP contribution is 2.27. The van der Waals surface area contributed by atoms with Gasteiger partial charge in [0.15, 0.2) is 5.96 Å². The minimum atomic E-state index is -4.17. The average molecular weight is 539 g/mol. The molecule has 3 rings (SSSR count). The Morgan fingerprint density at radius 1 is 1.27 bits per heavy atom. The number of rotatable bonds is 6. The number of hydrogen-bond donors (Lipinski definition) is 3. The summed E-state index contributed by atoms with van der Waals surface area (Å²) in [7, 11) is 1.63. The van der Waals surface area contributed by atoms with E-state index in [1.165, 1.54) is 4.90 Å². The van der Waals surface area contributed by atoms with Crippen LogP contribution in [0.3, 0.4) is 0 Å². The second-order valence-electron chi connectivity index (χ2n) is 7.72. The van der Waals surface area contributed by atoms with Crippen LogP contribution in [-0.4, -0.2) is 55.7 Å². The van der Waals surface area contributed by atoms with Gasteiger partial charge in [-0.25, -0.2) is 0 Å². The van der Waals surface area contributed by atoms with Crippen LogP contribution in [-0.2, 0) is 11.3 Å². The molecule has 2 fully saturated rings. The van der Waals surface area contributed by atoms with Crippen LogP contribution < -0.4 is 16.0 Å². The van der Waals surface area contributed by atoms with Gasteiger partial charge >= 0.3 is 6.18 Å². The molecular formula is C20H29F3IN5O. The summed E-state index contributed by atoms with van der Waals surface area (Å²) in [5.74, 6) is 0.749. The Hall–Kier alpha value is -1.56. The first kappa shape index (κ1) is 24.7. The first-order valence-corrected chi connectivity index (χ1v) is 9.98. The Kier molecular flexibility index (Phi) is 9.20. The minimum Gasteiger partial charge on any atom is -0.352 e. The summed E-state index contributed by atoms with van der Waals surface area (Å²) in [4.78, 5) is 17.7. The molecule has 1 saturated carbocycles. The zero-order valence-corrected chi connectivity index (χ0v) is 19.3. The first-order valence-electron chi connectivity index (χ1n) is 9.98. The number of hydrogen-bond acceptors (Lipinski definition) is 3. The topological polar surface area (TPSA) is 68.8 Å². The highest BCUT2D eigenvalue weighted by atomic mass is 127. The van der Waals surface area contributed by atoms with Gasteiger partial charge in [0, 0.05) is 44.3 Å². The summed E-state index contributed by atoms with van der Waals surface area (Å²) in [5, 5.41) is 9.33. The van der Waals surface area contributed by atoms with Crippen molar-refractivity contribution in [1.82, 2.24) is 15.5 Å². The fourth-order valence-electron chi connectivity index (χ4n) is 3.60. The highest BCUT2D eigenvalue weighted by molar-refractivity contribution is 14.0. The molecule has 6 nitrogen and oxygen atoms in total. The number of halogens is 4. The number of benzene rings is 1. The van der Waals surface area contributed by atoms with Crippen molar-refractivity contribution in [3.8, 4) is 0 Å². The molecular weight excluding hydrogens is 510 g/mol. The van der Waals surface area contributed by atoms with Crippen molar-refractivity contribution in [3.05, 3.63) is 29.8 Å². The Balaban J connectivity index is 0.00000320. The van der Waals surface area contributed by atoms with Gasteiger partial charge in [-0.3, -0.25) is 14.7 Å². The molecule has 168 valence electrons. The standard InChI is InChI=1S/C20H28F3N5O.HI/c1-24-19(27-17-8-9-28(12-17)13-20(21,22)23)25-11-14-4-2-7-16(10-14)26-18(29)15-5-3-6-15;/h2,4,7,10,15,17H,3,5-6,8-9,11-13H2,1H3,(H,26,29)(H2,24,25,27);1H. The van der Waals surface area contributed by atoms with Crippen LogP contribution in [0.1, 0.15) is 31.2 Å². The average Bonchev–Trinajstić information content (AvgIpc) is 3.02. The Morgan fingerprint density at radius 2 is 2.03 bits per heavy atom. The van der Waals surface area contributed by atoms with Crippen molar-refractivity contribution in [2.45, 2.75) is 44.4 Å². The Morgan fingerprint density at radius 3 is 2.67 bits per heavy atom. The zero-order chi connectivity index (χ0) is 20.9. The fourth-order valence-corrected chi connectivity index (χ4v) is 3.60. The van der Waals surface area contributed by atoms with E-state index in [1.54, 1.807) is 7.05 Å². The van der Waals surface area contributed by atoms with Crippen LogP contribution >= 0.6 is 24.0 Å².